The molecule has 1 aromatic heterocycles. The van der Waals surface area contributed by atoms with Crippen LogP contribution < -0.4 is 11.3 Å². The molecule has 90 valence electrons. The molecular weight excluding hydrogens is 212 g/mol. The molecule has 17 heavy (non-hydrogen) atoms. The third-order valence-corrected chi connectivity index (χ3v) is 2.94. The number of nitrogens with one attached hydrogen (secondary N) is 1. The van der Waals surface area contributed by atoms with Crippen LogP contribution in [0.4, 0.5) is 0 Å². The highest BCUT2D eigenvalue weighted by Gasteiger charge is 2.16. The van der Waals surface area contributed by atoms with Crippen molar-refractivity contribution in [3.8, 4) is 0 Å². The second-order valence-electron chi connectivity index (χ2n) is 4.28. The molecule has 1 atom stereocenters. The van der Waals surface area contributed by atoms with E-state index in [2.05, 4.69) is 17.6 Å². The number of nitrogens with two attached hydrogens (primary N) is 1. The summed E-state index contributed by atoms with van der Waals surface area (Å²) >= 11 is 0. The lowest BCUT2D eigenvalue weighted by molar-refractivity contribution is 0.484. The Morgan fingerprint density at radius 1 is 1.24 bits per heavy atom. The Balaban J connectivity index is 2.20. The fraction of sp³-hybridized carbons (Fsp3) is 0.286. The van der Waals surface area contributed by atoms with E-state index < -0.39 is 0 Å². The topological polar surface area (TPSA) is 51.2 Å². The molecule has 0 amide bonds. The molecule has 1 unspecified atom stereocenters. The van der Waals surface area contributed by atoms with Gasteiger partial charge in [0.1, 0.15) is 11.5 Å². The highest BCUT2D eigenvalue weighted by molar-refractivity contribution is 5.27. The predicted molar refractivity (Wildman–Crippen MR) is 68.4 cm³/mol. The van der Waals surface area contributed by atoms with Crippen molar-refractivity contribution >= 4 is 0 Å². The van der Waals surface area contributed by atoms with Gasteiger partial charge in [0.05, 0.1) is 6.04 Å². The van der Waals surface area contributed by atoms with Crippen LogP contribution in [0.3, 0.4) is 0 Å². The van der Waals surface area contributed by atoms with Crippen LogP contribution >= 0.6 is 0 Å². The molecule has 0 aliphatic rings. The average molecular weight is 230 g/mol. The summed E-state index contributed by atoms with van der Waals surface area (Å²) < 4.78 is 5.54. The fourth-order valence-electron chi connectivity index (χ4n) is 2.10. The molecule has 0 fully saturated rings. The number of rotatable bonds is 4. The summed E-state index contributed by atoms with van der Waals surface area (Å²) in [6, 6.07) is 12.4. The number of hydrazine groups is 1. The minimum atomic E-state index is 0.0925. The van der Waals surface area contributed by atoms with Crippen molar-refractivity contribution in [1.29, 1.82) is 0 Å². The normalized spacial score (nSPS) is 12.6. The van der Waals surface area contributed by atoms with Gasteiger partial charge in [-0.2, -0.15) is 0 Å². The number of hydrogen-bond donors (Lipinski definition) is 2. The van der Waals surface area contributed by atoms with Gasteiger partial charge in [0.2, 0.25) is 0 Å². The summed E-state index contributed by atoms with van der Waals surface area (Å²) in [5.41, 5.74) is 5.25. The van der Waals surface area contributed by atoms with Crippen LogP contribution in [0.5, 0.6) is 0 Å². The van der Waals surface area contributed by atoms with Gasteiger partial charge in [-0.1, -0.05) is 30.3 Å². The molecule has 0 radical (unpaired) electrons. The fourth-order valence-corrected chi connectivity index (χ4v) is 2.10. The van der Waals surface area contributed by atoms with E-state index in [9.17, 15) is 0 Å². The molecule has 2 aromatic rings. The van der Waals surface area contributed by atoms with E-state index in [1.165, 1.54) is 5.56 Å². The van der Waals surface area contributed by atoms with Gasteiger partial charge in [0, 0.05) is 5.56 Å². The van der Waals surface area contributed by atoms with E-state index in [1.54, 1.807) is 0 Å². The first-order chi connectivity index (χ1) is 8.20. The molecular formula is C14H18N2O. The number of hydrogen-bond acceptors (Lipinski definition) is 3. The Labute approximate surface area is 102 Å². The zero-order chi connectivity index (χ0) is 12.3. The summed E-state index contributed by atoms with van der Waals surface area (Å²) in [4.78, 5) is 0. The maximum absolute atomic E-state index is 5.64. The van der Waals surface area contributed by atoms with Gasteiger partial charge in [-0.15, -0.1) is 0 Å². The predicted octanol–water partition coefficient (Wildman–Crippen LogP) is 2.64. The van der Waals surface area contributed by atoms with Crippen LogP contribution in [0.25, 0.3) is 0 Å². The quantitative estimate of drug-likeness (QED) is 0.627. The first-order valence-electron chi connectivity index (χ1n) is 5.77. The monoisotopic (exact) mass is 230 g/mol. The van der Waals surface area contributed by atoms with Crippen LogP contribution in [0.2, 0.25) is 0 Å². The van der Waals surface area contributed by atoms with E-state index in [4.69, 9.17) is 10.3 Å². The SMILES string of the molecule is Cc1cc(C(Cc2ccccc2)NN)c(C)o1. The molecule has 1 heterocycles. The molecule has 0 bridgehead atoms. The van der Waals surface area contributed by atoms with Gasteiger partial charge in [0.15, 0.2) is 0 Å². The highest BCUT2D eigenvalue weighted by atomic mass is 16.3. The van der Waals surface area contributed by atoms with Crippen LogP contribution in [0, 0.1) is 13.8 Å². The molecule has 1 aromatic carbocycles. The van der Waals surface area contributed by atoms with Crippen molar-refractivity contribution in [3.63, 3.8) is 0 Å². The highest BCUT2D eigenvalue weighted by Crippen LogP contribution is 2.24. The van der Waals surface area contributed by atoms with E-state index in [1.807, 2.05) is 38.1 Å². The lowest BCUT2D eigenvalue weighted by atomic mass is 10.00. The van der Waals surface area contributed by atoms with Crippen molar-refractivity contribution in [3.05, 3.63) is 59.0 Å². The number of furan rings is 1. The van der Waals surface area contributed by atoms with Gasteiger partial charge in [-0.3, -0.25) is 11.3 Å². The second-order valence-corrected chi connectivity index (χ2v) is 4.28. The lowest BCUT2D eigenvalue weighted by Crippen LogP contribution is -2.29. The minimum absolute atomic E-state index is 0.0925. The maximum Gasteiger partial charge on any atom is 0.105 e. The van der Waals surface area contributed by atoms with E-state index in [0.717, 1.165) is 23.5 Å². The summed E-state index contributed by atoms with van der Waals surface area (Å²) in [6.45, 7) is 3.92. The summed E-state index contributed by atoms with van der Waals surface area (Å²) in [5.74, 6) is 7.49. The van der Waals surface area contributed by atoms with Crippen LogP contribution in [-0.2, 0) is 6.42 Å². The molecule has 0 saturated heterocycles. The van der Waals surface area contributed by atoms with Crippen molar-refractivity contribution in [1.82, 2.24) is 5.43 Å². The third-order valence-electron chi connectivity index (χ3n) is 2.94. The average Bonchev–Trinajstić information content (AvgIpc) is 2.67. The summed E-state index contributed by atoms with van der Waals surface area (Å²) in [5, 5.41) is 0. The van der Waals surface area contributed by atoms with Crippen molar-refractivity contribution < 1.29 is 4.42 Å². The Morgan fingerprint density at radius 2 is 1.94 bits per heavy atom. The first kappa shape index (κ1) is 11.9. The Morgan fingerprint density at radius 3 is 2.47 bits per heavy atom. The standard InChI is InChI=1S/C14H18N2O/c1-10-8-13(11(2)17-10)14(16-15)9-12-6-4-3-5-7-12/h3-8,14,16H,9,15H2,1-2H3. The van der Waals surface area contributed by atoms with Crippen molar-refractivity contribution in [2.45, 2.75) is 26.3 Å². The smallest absolute Gasteiger partial charge is 0.105 e. The van der Waals surface area contributed by atoms with Gasteiger partial charge < -0.3 is 4.42 Å². The molecule has 3 N–H and O–H groups in total. The van der Waals surface area contributed by atoms with Crippen LogP contribution in [0.1, 0.15) is 28.7 Å². The van der Waals surface area contributed by atoms with E-state index in [0.29, 0.717) is 0 Å². The zero-order valence-electron chi connectivity index (χ0n) is 10.2. The minimum Gasteiger partial charge on any atom is -0.466 e. The van der Waals surface area contributed by atoms with Crippen molar-refractivity contribution in [2.24, 2.45) is 5.84 Å². The largest absolute Gasteiger partial charge is 0.466 e. The molecule has 0 spiro atoms. The lowest BCUT2D eigenvalue weighted by Gasteiger charge is -2.15. The van der Waals surface area contributed by atoms with Crippen molar-refractivity contribution in [2.75, 3.05) is 0 Å². The zero-order valence-corrected chi connectivity index (χ0v) is 10.2. The number of benzene rings is 1. The Hall–Kier alpha value is -1.58. The molecule has 2 rings (SSSR count). The van der Waals surface area contributed by atoms with Crippen LogP contribution in [-0.4, -0.2) is 0 Å². The van der Waals surface area contributed by atoms with E-state index in [-0.39, 0.29) is 6.04 Å². The van der Waals surface area contributed by atoms with Crippen LogP contribution in [0.15, 0.2) is 40.8 Å². The summed E-state index contributed by atoms with van der Waals surface area (Å²) in [6.07, 6.45) is 0.858. The molecule has 3 nitrogen and oxygen atoms in total. The van der Waals surface area contributed by atoms with Gasteiger partial charge in [-0.25, -0.2) is 0 Å². The Kier molecular flexibility index (Phi) is 3.61. The molecule has 0 saturated carbocycles. The third kappa shape index (κ3) is 2.75. The van der Waals surface area contributed by atoms with Gasteiger partial charge in [-0.05, 0) is 31.9 Å². The molecule has 0 aliphatic carbocycles. The Bertz CT molecular complexity index is 476. The summed E-state index contributed by atoms with van der Waals surface area (Å²) in [7, 11) is 0. The molecule has 3 heteroatoms. The second kappa shape index (κ2) is 5.17. The van der Waals surface area contributed by atoms with Gasteiger partial charge >= 0.3 is 0 Å². The first-order valence-corrected chi connectivity index (χ1v) is 5.77. The van der Waals surface area contributed by atoms with Gasteiger partial charge in [0.25, 0.3) is 0 Å². The maximum atomic E-state index is 5.64. The molecule has 0 aliphatic heterocycles. The van der Waals surface area contributed by atoms with E-state index >= 15 is 0 Å². The number of aryl methyl sites for hydroxylation is 2.